The van der Waals surface area contributed by atoms with Gasteiger partial charge in [-0.1, -0.05) is 12.1 Å². The van der Waals surface area contributed by atoms with E-state index in [2.05, 4.69) is 5.32 Å². The lowest BCUT2D eigenvalue weighted by molar-refractivity contribution is 0.0935. The highest BCUT2D eigenvalue weighted by Crippen LogP contribution is 2.26. The molecule has 1 amide bonds. The number of amides is 1. The van der Waals surface area contributed by atoms with Gasteiger partial charge in [0.1, 0.15) is 27.8 Å². The summed E-state index contributed by atoms with van der Waals surface area (Å²) in [5.74, 6) is -0.787. The van der Waals surface area contributed by atoms with Gasteiger partial charge in [0, 0.05) is 0 Å². The summed E-state index contributed by atoms with van der Waals surface area (Å²) in [4.78, 5) is 12.1. The Hall–Kier alpha value is -2.19. The largest absolute Gasteiger partial charge is 0.464 e. The third-order valence-electron chi connectivity index (χ3n) is 3.43. The number of furan rings is 1. The minimum Gasteiger partial charge on any atom is -0.464 e. The number of halogens is 1. The SMILES string of the molecule is Cc1oc(C)c(S(N)(=O)=O)c1C(=O)N[C@H](C)c1ccc(F)cc1. The van der Waals surface area contributed by atoms with Crippen molar-refractivity contribution in [1.29, 1.82) is 0 Å². The van der Waals surface area contributed by atoms with E-state index in [1.165, 1.54) is 38.1 Å². The molecule has 0 fully saturated rings. The van der Waals surface area contributed by atoms with E-state index in [4.69, 9.17) is 9.56 Å². The molecule has 8 heteroatoms. The van der Waals surface area contributed by atoms with Crippen LogP contribution in [0.2, 0.25) is 0 Å². The molecule has 6 nitrogen and oxygen atoms in total. The maximum absolute atomic E-state index is 12.9. The third kappa shape index (κ3) is 3.59. The Kier molecular flexibility index (Phi) is 4.58. The monoisotopic (exact) mass is 340 g/mol. The minimum atomic E-state index is -4.10. The Labute approximate surface area is 133 Å². The summed E-state index contributed by atoms with van der Waals surface area (Å²) in [7, 11) is -4.10. The van der Waals surface area contributed by atoms with Crippen LogP contribution in [-0.2, 0) is 10.0 Å². The number of nitrogens with two attached hydrogens (primary N) is 1. The topological polar surface area (TPSA) is 102 Å². The first-order valence-corrected chi connectivity index (χ1v) is 8.35. The molecule has 1 aromatic heterocycles. The molecule has 0 aliphatic carbocycles. The molecule has 1 aromatic carbocycles. The first-order chi connectivity index (χ1) is 10.6. The van der Waals surface area contributed by atoms with Gasteiger partial charge in [0.15, 0.2) is 0 Å². The Morgan fingerprint density at radius 3 is 2.30 bits per heavy atom. The number of carbonyl (C=O) groups is 1. The van der Waals surface area contributed by atoms with Crippen molar-refractivity contribution in [2.24, 2.45) is 5.14 Å². The van der Waals surface area contributed by atoms with E-state index in [9.17, 15) is 17.6 Å². The van der Waals surface area contributed by atoms with Crippen LogP contribution in [0.3, 0.4) is 0 Å². The van der Waals surface area contributed by atoms with E-state index in [-0.39, 0.29) is 27.8 Å². The molecule has 0 spiro atoms. The number of nitrogens with one attached hydrogen (secondary N) is 1. The summed E-state index contributed by atoms with van der Waals surface area (Å²) in [6, 6.07) is 5.18. The van der Waals surface area contributed by atoms with E-state index in [0.717, 1.165) is 0 Å². The number of benzene rings is 1. The molecule has 0 aliphatic heterocycles. The molecule has 0 unspecified atom stereocenters. The molecule has 1 atom stereocenters. The number of primary sulfonamides is 1. The molecule has 3 N–H and O–H groups in total. The van der Waals surface area contributed by atoms with Gasteiger partial charge in [-0.05, 0) is 38.5 Å². The second-order valence-corrected chi connectivity index (χ2v) is 6.71. The van der Waals surface area contributed by atoms with Crippen LogP contribution in [0.15, 0.2) is 33.6 Å². The smallest absolute Gasteiger partial charge is 0.256 e. The lowest BCUT2D eigenvalue weighted by atomic mass is 10.1. The zero-order chi connectivity index (χ0) is 17.4. The van der Waals surface area contributed by atoms with Gasteiger partial charge in [0.25, 0.3) is 5.91 Å². The molecule has 124 valence electrons. The zero-order valence-electron chi connectivity index (χ0n) is 12.9. The van der Waals surface area contributed by atoms with E-state index in [1.54, 1.807) is 6.92 Å². The highest BCUT2D eigenvalue weighted by Gasteiger charge is 2.29. The van der Waals surface area contributed by atoms with Crippen molar-refractivity contribution in [3.63, 3.8) is 0 Å². The minimum absolute atomic E-state index is 0.0598. The van der Waals surface area contributed by atoms with Crippen molar-refractivity contribution in [3.05, 3.63) is 52.7 Å². The van der Waals surface area contributed by atoms with Crippen molar-refractivity contribution in [2.75, 3.05) is 0 Å². The molecule has 2 aromatic rings. The maximum atomic E-state index is 12.9. The van der Waals surface area contributed by atoms with Crippen LogP contribution >= 0.6 is 0 Å². The number of carbonyl (C=O) groups excluding carboxylic acids is 1. The average molecular weight is 340 g/mol. The number of hydrogen-bond acceptors (Lipinski definition) is 4. The van der Waals surface area contributed by atoms with Gasteiger partial charge in [-0.3, -0.25) is 4.79 Å². The van der Waals surface area contributed by atoms with Gasteiger partial charge in [-0.25, -0.2) is 17.9 Å². The van der Waals surface area contributed by atoms with Crippen molar-refractivity contribution >= 4 is 15.9 Å². The van der Waals surface area contributed by atoms with Crippen LogP contribution in [0.4, 0.5) is 4.39 Å². The fourth-order valence-electron chi connectivity index (χ4n) is 2.37. The second-order valence-electron chi connectivity index (χ2n) is 5.21. The summed E-state index contributed by atoms with van der Waals surface area (Å²) in [6.45, 7) is 4.61. The van der Waals surface area contributed by atoms with E-state index >= 15 is 0 Å². The molecular weight excluding hydrogens is 323 g/mol. The number of sulfonamides is 1. The molecule has 0 saturated carbocycles. The Balaban J connectivity index is 2.33. The van der Waals surface area contributed by atoms with E-state index < -0.39 is 22.0 Å². The Morgan fingerprint density at radius 1 is 1.22 bits per heavy atom. The summed E-state index contributed by atoms with van der Waals surface area (Å²) >= 11 is 0. The van der Waals surface area contributed by atoms with Gasteiger partial charge in [-0.2, -0.15) is 0 Å². The van der Waals surface area contributed by atoms with Crippen LogP contribution in [-0.4, -0.2) is 14.3 Å². The fourth-order valence-corrected chi connectivity index (χ4v) is 3.34. The van der Waals surface area contributed by atoms with Gasteiger partial charge in [0.2, 0.25) is 10.0 Å². The molecule has 2 rings (SSSR count). The number of rotatable bonds is 4. The van der Waals surface area contributed by atoms with Crippen molar-refractivity contribution < 1.29 is 22.0 Å². The van der Waals surface area contributed by atoms with Crippen LogP contribution in [0.25, 0.3) is 0 Å². The molecule has 1 heterocycles. The number of hydrogen-bond donors (Lipinski definition) is 2. The highest BCUT2D eigenvalue weighted by atomic mass is 32.2. The van der Waals surface area contributed by atoms with Crippen molar-refractivity contribution in [1.82, 2.24) is 5.32 Å². The molecular formula is C15H17FN2O4S. The van der Waals surface area contributed by atoms with Crippen molar-refractivity contribution in [3.8, 4) is 0 Å². The normalized spacial score (nSPS) is 12.9. The van der Waals surface area contributed by atoms with Gasteiger partial charge >= 0.3 is 0 Å². The Bertz CT molecular complexity index is 841. The molecule has 23 heavy (non-hydrogen) atoms. The predicted octanol–water partition coefficient (Wildman–Crippen LogP) is 2.17. The van der Waals surface area contributed by atoms with Gasteiger partial charge in [-0.15, -0.1) is 0 Å². The lowest BCUT2D eigenvalue weighted by Crippen LogP contribution is -2.29. The predicted molar refractivity (Wildman–Crippen MR) is 81.8 cm³/mol. The number of aryl methyl sites for hydroxylation is 2. The summed E-state index contributed by atoms with van der Waals surface area (Å²) < 4.78 is 41.5. The third-order valence-corrected chi connectivity index (χ3v) is 4.49. The first-order valence-electron chi connectivity index (χ1n) is 6.80. The first kappa shape index (κ1) is 17.2. The van der Waals surface area contributed by atoms with Crippen LogP contribution in [0.5, 0.6) is 0 Å². The summed E-state index contributed by atoms with van der Waals surface area (Å²) in [5, 5.41) is 7.82. The quantitative estimate of drug-likeness (QED) is 0.890. The molecule has 0 radical (unpaired) electrons. The summed E-state index contributed by atoms with van der Waals surface area (Å²) in [5.41, 5.74) is 0.564. The lowest BCUT2D eigenvalue weighted by Gasteiger charge is -2.14. The summed E-state index contributed by atoms with van der Waals surface area (Å²) in [6.07, 6.45) is 0. The van der Waals surface area contributed by atoms with E-state index in [0.29, 0.717) is 5.56 Å². The highest BCUT2D eigenvalue weighted by molar-refractivity contribution is 7.89. The standard InChI is InChI=1S/C15H17FN2O4S/c1-8(11-4-6-12(16)7-5-11)18-15(19)13-9(2)22-10(3)14(13)23(17,20)21/h4-8H,1-3H3,(H,18,19)(H2,17,20,21)/t8-/m1/s1. The second kappa shape index (κ2) is 6.13. The van der Waals surface area contributed by atoms with Crippen molar-refractivity contribution in [2.45, 2.75) is 31.7 Å². The van der Waals surface area contributed by atoms with Gasteiger partial charge in [0.05, 0.1) is 6.04 Å². The van der Waals surface area contributed by atoms with E-state index in [1.807, 2.05) is 0 Å². The molecule has 0 bridgehead atoms. The van der Waals surface area contributed by atoms with Crippen LogP contribution in [0.1, 0.15) is 40.4 Å². The van der Waals surface area contributed by atoms with Crippen LogP contribution < -0.4 is 10.5 Å². The maximum Gasteiger partial charge on any atom is 0.256 e. The van der Waals surface area contributed by atoms with Gasteiger partial charge < -0.3 is 9.73 Å². The Morgan fingerprint density at radius 2 is 1.78 bits per heavy atom. The van der Waals surface area contributed by atoms with Crippen LogP contribution in [0, 0.1) is 19.7 Å². The zero-order valence-corrected chi connectivity index (χ0v) is 13.7. The molecule has 0 aliphatic rings. The fraction of sp³-hybridized carbons (Fsp3) is 0.267. The average Bonchev–Trinajstić information content (AvgIpc) is 2.74. The molecule has 0 saturated heterocycles.